The third-order valence-corrected chi connectivity index (χ3v) is 4.79. The van der Waals surface area contributed by atoms with Crippen molar-refractivity contribution >= 4 is 27.6 Å². The van der Waals surface area contributed by atoms with Crippen LogP contribution in [0.25, 0.3) is 0 Å². The first-order valence-electron chi connectivity index (χ1n) is 6.51. The van der Waals surface area contributed by atoms with Crippen molar-refractivity contribution in [3.8, 4) is 5.75 Å². The van der Waals surface area contributed by atoms with Gasteiger partial charge in [0.1, 0.15) is 11.7 Å². The third kappa shape index (κ3) is 2.14. The number of halogens is 1. The number of benzene rings is 1. The van der Waals surface area contributed by atoms with Crippen molar-refractivity contribution in [2.24, 2.45) is 5.92 Å². The summed E-state index contributed by atoms with van der Waals surface area (Å²) in [7, 11) is 1.53. The smallest absolute Gasteiger partial charge is 0.236 e. The lowest BCUT2D eigenvalue weighted by atomic mass is 9.81. The van der Waals surface area contributed by atoms with Gasteiger partial charge in [0.05, 0.1) is 12.6 Å². The van der Waals surface area contributed by atoms with Crippen LogP contribution < -0.4 is 10.1 Å². The van der Waals surface area contributed by atoms with Gasteiger partial charge >= 0.3 is 0 Å². The maximum atomic E-state index is 12.7. The van der Waals surface area contributed by atoms with E-state index in [1.54, 1.807) is 13.0 Å². The number of nitrogens with one attached hydrogen (secondary N) is 1. The van der Waals surface area contributed by atoms with E-state index in [0.29, 0.717) is 15.8 Å². The third-order valence-electron chi connectivity index (χ3n) is 4.10. The van der Waals surface area contributed by atoms with Gasteiger partial charge < -0.3 is 10.1 Å². The van der Waals surface area contributed by atoms with Gasteiger partial charge in [-0.1, -0.05) is 35.8 Å². The van der Waals surface area contributed by atoms with E-state index in [1.165, 1.54) is 7.11 Å². The van der Waals surface area contributed by atoms with Crippen LogP contribution in [0.15, 0.2) is 22.7 Å². The molecule has 2 unspecified atom stereocenters. The summed E-state index contributed by atoms with van der Waals surface area (Å²) in [4.78, 5) is 25.1. The number of Topliss-reactive ketones (excluding diaryl/α,β-unsaturated/α-hetero) is 1. The molecule has 0 bridgehead atoms. The Hall–Kier alpha value is -1.36. The van der Waals surface area contributed by atoms with E-state index in [0.717, 1.165) is 0 Å². The topological polar surface area (TPSA) is 55.4 Å². The first kappa shape index (κ1) is 15.0. The molecule has 1 aromatic rings. The number of hydrogen-bond donors (Lipinski definition) is 1. The van der Waals surface area contributed by atoms with Crippen LogP contribution in [0.2, 0.25) is 0 Å². The number of carbonyl (C=O) groups is 2. The molecule has 1 aliphatic rings. The molecule has 20 heavy (non-hydrogen) atoms. The van der Waals surface area contributed by atoms with Gasteiger partial charge in [0, 0.05) is 10.0 Å². The van der Waals surface area contributed by atoms with Crippen molar-refractivity contribution in [3.05, 3.63) is 28.2 Å². The molecule has 1 N–H and O–H groups in total. The zero-order valence-corrected chi connectivity index (χ0v) is 13.6. The van der Waals surface area contributed by atoms with E-state index >= 15 is 0 Å². The second-order valence-corrected chi connectivity index (χ2v) is 6.35. The summed E-state index contributed by atoms with van der Waals surface area (Å²) in [5, 5.41) is 2.84. The average molecular weight is 340 g/mol. The quantitative estimate of drug-likeness (QED) is 0.861. The van der Waals surface area contributed by atoms with Crippen molar-refractivity contribution in [2.45, 2.75) is 32.2 Å². The maximum Gasteiger partial charge on any atom is 0.236 e. The zero-order valence-electron chi connectivity index (χ0n) is 12.0. The summed E-state index contributed by atoms with van der Waals surface area (Å²) >= 11 is 3.42. The molecule has 1 aromatic carbocycles. The highest BCUT2D eigenvalue weighted by Gasteiger charge is 2.52. The largest absolute Gasteiger partial charge is 0.496 e. The molecule has 1 amide bonds. The van der Waals surface area contributed by atoms with Gasteiger partial charge in [-0.3, -0.25) is 9.59 Å². The van der Waals surface area contributed by atoms with Gasteiger partial charge in [0.2, 0.25) is 5.91 Å². The molecule has 0 saturated carbocycles. The lowest BCUT2D eigenvalue weighted by Gasteiger charge is -2.27. The molecule has 0 aliphatic carbocycles. The molecule has 108 valence electrons. The predicted octanol–water partition coefficient (Wildman–Crippen LogP) is 2.65. The summed E-state index contributed by atoms with van der Waals surface area (Å²) in [6, 6.07) is 5.38. The Morgan fingerprint density at radius 3 is 2.50 bits per heavy atom. The molecule has 1 heterocycles. The Morgan fingerprint density at radius 2 is 2.00 bits per heavy atom. The minimum absolute atomic E-state index is 0.0254. The minimum Gasteiger partial charge on any atom is -0.496 e. The number of ketones is 1. The zero-order chi connectivity index (χ0) is 15.1. The van der Waals surface area contributed by atoms with Crippen molar-refractivity contribution in [3.63, 3.8) is 0 Å². The number of methoxy groups -OCH3 is 1. The van der Waals surface area contributed by atoms with Crippen LogP contribution in [0.1, 0.15) is 32.3 Å². The first-order valence-corrected chi connectivity index (χ1v) is 7.31. The Balaban J connectivity index is 2.55. The molecule has 4 nitrogen and oxygen atoms in total. The summed E-state index contributed by atoms with van der Waals surface area (Å²) in [6.07, 6.45) is 0. The number of rotatable bonds is 3. The highest BCUT2D eigenvalue weighted by molar-refractivity contribution is 9.10. The second-order valence-electron chi connectivity index (χ2n) is 5.50. The molecule has 2 rings (SSSR count). The average Bonchev–Trinajstić information content (AvgIpc) is 2.62. The molecule has 0 radical (unpaired) electrons. The van der Waals surface area contributed by atoms with Crippen molar-refractivity contribution in [1.82, 2.24) is 5.32 Å². The maximum absolute atomic E-state index is 12.7. The number of amides is 1. The minimum atomic E-state index is -0.831. The van der Waals surface area contributed by atoms with Crippen molar-refractivity contribution in [1.29, 1.82) is 0 Å². The fourth-order valence-electron chi connectivity index (χ4n) is 2.48. The highest BCUT2D eigenvalue weighted by atomic mass is 79.9. The Morgan fingerprint density at radius 1 is 1.35 bits per heavy atom. The van der Waals surface area contributed by atoms with Gasteiger partial charge in [-0.05, 0) is 25.0 Å². The van der Waals surface area contributed by atoms with E-state index < -0.39 is 11.5 Å². The molecule has 0 spiro atoms. The van der Waals surface area contributed by atoms with Crippen LogP contribution in [0, 0.1) is 5.92 Å². The molecule has 1 saturated heterocycles. The molecular formula is C15H18BrNO3. The summed E-state index contributed by atoms with van der Waals surface area (Å²) in [5.74, 6) is -0.634. The lowest BCUT2D eigenvalue weighted by Crippen LogP contribution is -2.48. The summed E-state index contributed by atoms with van der Waals surface area (Å²) < 4.78 is 6.01. The van der Waals surface area contributed by atoms with Gasteiger partial charge in [-0.25, -0.2) is 0 Å². The fraction of sp³-hybridized carbons (Fsp3) is 0.467. The molecular weight excluding hydrogens is 322 g/mol. The molecule has 1 fully saturated rings. The lowest BCUT2D eigenvalue weighted by molar-refractivity contribution is -0.125. The van der Waals surface area contributed by atoms with E-state index in [4.69, 9.17) is 4.74 Å². The van der Waals surface area contributed by atoms with Crippen molar-refractivity contribution < 1.29 is 14.3 Å². The fourth-order valence-corrected chi connectivity index (χ4v) is 3.05. The predicted molar refractivity (Wildman–Crippen MR) is 79.8 cm³/mol. The Kier molecular flexibility index (Phi) is 3.91. The van der Waals surface area contributed by atoms with Gasteiger partial charge in [0.15, 0.2) is 5.78 Å². The van der Waals surface area contributed by atoms with E-state index in [2.05, 4.69) is 21.2 Å². The highest BCUT2D eigenvalue weighted by Crippen LogP contribution is 2.40. The van der Waals surface area contributed by atoms with Gasteiger partial charge in [-0.2, -0.15) is 0 Å². The van der Waals surface area contributed by atoms with Crippen LogP contribution in [0.5, 0.6) is 5.75 Å². The Labute approximate surface area is 127 Å². The van der Waals surface area contributed by atoms with Crippen LogP contribution in [0.3, 0.4) is 0 Å². The molecule has 0 aromatic heterocycles. The Bertz CT molecular complexity index is 570. The SMILES string of the molecule is COc1cccc(Br)c1C1C(=O)NC(C)(C(C)C)C1=O. The van der Waals surface area contributed by atoms with Crippen LogP contribution >= 0.6 is 15.9 Å². The van der Waals surface area contributed by atoms with Crippen LogP contribution in [-0.4, -0.2) is 24.3 Å². The number of hydrogen-bond acceptors (Lipinski definition) is 3. The second kappa shape index (κ2) is 5.20. The van der Waals surface area contributed by atoms with Gasteiger partial charge in [0.25, 0.3) is 0 Å². The van der Waals surface area contributed by atoms with Crippen LogP contribution in [0.4, 0.5) is 0 Å². The summed E-state index contributed by atoms with van der Waals surface area (Å²) in [6.45, 7) is 5.64. The van der Waals surface area contributed by atoms with Crippen LogP contribution in [-0.2, 0) is 9.59 Å². The van der Waals surface area contributed by atoms with E-state index in [9.17, 15) is 9.59 Å². The standard InChI is InChI=1S/C15H18BrNO3/c1-8(2)15(3)13(18)12(14(19)17-15)11-9(16)6-5-7-10(11)20-4/h5-8,12H,1-4H3,(H,17,19). The van der Waals surface area contributed by atoms with E-state index in [-0.39, 0.29) is 17.6 Å². The number of carbonyl (C=O) groups excluding carboxylic acids is 2. The normalized spacial score (nSPS) is 26.0. The van der Waals surface area contributed by atoms with Gasteiger partial charge in [-0.15, -0.1) is 0 Å². The van der Waals surface area contributed by atoms with E-state index in [1.807, 2.05) is 26.0 Å². The first-order chi connectivity index (χ1) is 9.32. The molecule has 5 heteroatoms. The molecule has 1 aliphatic heterocycles. The van der Waals surface area contributed by atoms with Crippen molar-refractivity contribution in [2.75, 3.05) is 7.11 Å². The monoisotopic (exact) mass is 339 g/mol. The number of ether oxygens (including phenoxy) is 1. The summed E-state index contributed by atoms with van der Waals surface area (Å²) in [5.41, 5.74) is -0.232. The molecule has 2 atom stereocenters.